The molecule has 2 N–H and O–H groups in total. The minimum Gasteiger partial charge on any atom is -0.326 e. The summed E-state index contributed by atoms with van der Waals surface area (Å²) in [5.41, 5.74) is 8.35. The highest BCUT2D eigenvalue weighted by Gasteiger charge is 2.31. The fourth-order valence-electron chi connectivity index (χ4n) is 3.15. The Bertz CT molecular complexity index is 708. The van der Waals surface area contributed by atoms with Crippen LogP contribution in [0.1, 0.15) is 17.0 Å². The summed E-state index contributed by atoms with van der Waals surface area (Å²) in [5, 5.41) is 11.2. The smallest absolute Gasteiger partial charge is 0.288 e. The number of halogens is 1. The SMILES string of the molecule is N[C@@H]1CN(Cc2ccc(Cl)c([N+](=O)[O-])c2)C[C@H]1c1ccccc1. The van der Waals surface area contributed by atoms with Gasteiger partial charge >= 0.3 is 0 Å². The summed E-state index contributed by atoms with van der Waals surface area (Å²) in [6, 6.07) is 15.3. The van der Waals surface area contributed by atoms with Crippen molar-refractivity contribution in [2.45, 2.75) is 18.5 Å². The topological polar surface area (TPSA) is 72.4 Å². The number of nitrogens with two attached hydrogens (primary N) is 1. The van der Waals surface area contributed by atoms with Gasteiger partial charge in [0, 0.05) is 37.7 Å². The van der Waals surface area contributed by atoms with E-state index in [0.717, 1.165) is 18.7 Å². The molecule has 2 atom stereocenters. The Labute approximate surface area is 139 Å². The number of benzene rings is 2. The maximum atomic E-state index is 11.0. The van der Waals surface area contributed by atoms with Crippen LogP contribution in [0, 0.1) is 10.1 Å². The van der Waals surface area contributed by atoms with Crippen LogP contribution in [0.2, 0.25) is 5.02 Å². The van der Waals surface area contributed by atoms with Crippen molar-refractivity contribution >= 4 is 17.3 Å². The third-order valence-corrected chi connectivity index (χ3v) is 4.60. The highest BCUT2D eigenvalue weighted by molar-refractivity contribution is 6.32. The molecule has 0 aromatic heterocycles. The summed E-state index contributed by atoms with van der Waals surface area (Å²) >= 11 is 5.86. The molecule has 2 aromatic rings. The standard InChI is InChI=1S/C17H18ClN3O2/c18-15-7-6-12(8-17(15)21(22)23)9-20-10-14(16(19)11-20)13-4-2-1-3-5-13/h1-8,14,16H,9-11,19H2/t14-,16+/m0/s1. The van der Waals surface area contributed by atoms with Crippen molar-refractivity contribution in [3.63, 3.8) is 0 Å². The fraction of sp³-hybridized carbons (Fsp3) is 0.294. The summed E-state index contributed by atoms with van der Waals surface area (Å²) in [5.74, 6) is 0.290. The van der Waals surface area contributed by atoms with Gasteiger partial charge in [-0.1, -0.05) is 48.0 Å². The monoisotopic (exact) mass is 331 g/mol. The third-order valence-electron chi connectivity index (χ3n) is 4.28. The van der Waals surface area contributed by atoms with Gasteiger partial charge in [-0.2, -0.15) is 0 Å². The molecule has 5 nitrogen and oxygen atoms in total. The van der Waals surface area contributed by atoms with Gasteiger partial charge in [-0.05, 0) is 17.2 Å². The second-order valence-electron chi connectivity index (χ2n) is 5.92. The van der Waals surface area contributed by atoms with Gasteiger partial charge in [0.05, 0.1) is 4.92 Å². The zero-order valence-corrected chi connectivity index (χ0v) is 13.3. The number of nitro benzene ring substituents is 1. The normalized spacial score (nSPS) is 21.5. The van der Waals surface area contributed by atoms with Crippen molar-refractivity contribution < 1.29 is 4.92 Å². The molecule has 1 fully saturated rings. The molecule has 1 saturated heterocycles. The highest BCUT2D eigenvalue weighted by atomic mass is 35.5. The highest BCUT2D eigenvalue weighted by Crippen LogP contribution is 2.29. The molecule has 6 heteroatoms. The van der Waals surface area contributed by atoms with Crippen LogP contribution in [-0.2, 0) is 6.54 Å². The summed E-state index contributed by atoms with van der Waals surface area (Å²) in [4.78, 5) is 12.8. The molecule has 120 valence electrons. The lowest BCUT2D eigenvalue weighted by Crippen LogP contribution is -2.28. The van der Waals surface area contributed by atoms with Crippen molar-refractivity contribution in [3.8, 4) is 0 Å². The number of hydrogen-bond donors (Lipinski definition) is 1. The Hall–Kier alpha value is -1.95. The summed E-state index contributed by atoms with van der Waals surface area (Å²) in [7, 11) is 0. The minimum atomic E-state index is -0.450. The molecule has 3 rings (SSSR count). The molecule has 1 aliphatic heterocycles. The van der Waals surface area contributed by atoms with E-state index in [1.165, 1.54) is 5.56 Å². The predicted molar refractivity (Wildman–Crippen MR) is 90.5 cm³/mol. The largest absolute Gasteiger partial charge is 0.326 e. The van der Waals surface area contributed by atoms with E-state index in [9.17, 15) is 10.1 Å². The van der Waals surface area contributed by atoms with E-state index in [1.807, 2.05) is 24.3 Å². The average molecular weight is 332 g/mol. The zero-order chi connectivity index (χ0) is 16.4. The Balaban J connectivity index is 1.73. The Morgan fingerprint density at radius 3 is 2.65 bits per heavy atom. The Kier molecular flexibility index (Phi) is 4.61. The molecule has 0 bridgehead atoms. The lowest BCUT2D eigenvalue weighted by molar-refractivity contribution is -0.384. The van der Waals surface area contributed by atoms with Crippen LogP contribution < -0.4 is 5.73 Å². The zero-order valence-electron chi connectivity index (χ0n) is 12.6. The van der Waals surface area contributed by atoms with Gasteiger partial charge in [-0.25, -0.2) is 0 Å². The van der Waals surface area contributed by atoms with E-state index in [0.29, 0.717) is 12.5 Å². The number of nitro groups is 1. The van der Waals surface area contributed by atoms with Gasteiger partial charge in [0.2, 0.25) is 0 Å². The first kappa shape index (κ1) is 15.9. The molecule has 0 amide bonds. The molecule has 0 aliphatic carbocycles. The van der Waals surface area contributed by atoms with E-state index in [2.05, 4.69) is 17.0 Å². The van der Waals surface area contributed by atoms with E-state index in [-0.39, 0.29) is 16.8 Å². The van der Waals surface area contributed by atoms with Crippen LogP contribution in [-0.4, -0.2) is 29.0 Å². The van der Waals surface area contributed by atoms with Crippen molar-refractivity contribution in [2.75, 3.05) is 13.1 Å². The number of nitrogens with zero attached hydrogens (tertiary/aromatic N) is 2. The molecular weight excluding hydrogens is 314 g/mol. The number of likely N-dealkylation sites (tertiary alicyclic amines) is 1. The molecule has 0 unspecified atom stereocenters. The van der Waals surface area contributed by atoms with Crippen molar-refractivity contribution in [1.29, 1.82) is 0 Å². The van der Waals surface area contributed by atoms with Crippen molar-refractivity contribution in [1.82, 2.24) is 4.90 Å². The van der Waals surface area contributed by atoms with E-state index >= 15 is 0 Å². The van der Waals surface area contributed by atoms with E-state index < -0.39 is 4.92 Å². The van der Waals surface area contributed by atoms with Crippen LogP contribution in [0.5, 0.6) is 0 Å². The Morgan fingerprint density at radius 1 is 1.22 bits per heavy atom. The maximum Gasteiger partial charge on any atom is 0.288 e. The van der Waals surface area contributed by atoms with Crippen LogP contribution in [0.25, 0.3) is 0 Å². The minimum absolute atomic E-state index is 0.0488. The number of rotatable bonds is 4. The number of hydrogen-bond acceptors (Lipinski definition) is 4. The Morgan fingerprint density at radius 2 is 1.96 bits per heavy atom. The summed E-state index contributed by atoms with van der Waals surface area (Å²) in [6.07, 6.45) is 0. The molecule has 0 spiro atoms. The van der Waals surface area contributed by atoms with Gasteiger partial charge in [0.15, 0.2) is 0 Å². The molecule has 1 heterocycles. The predicted octanol–water partition coefficient (Wildman–Crippen LogP) is 3.17. The van der Waals surface area contributed by atoms with E-state index in [1.54, 1.807) is 12.1 Å². The quantitative estimate of drug-likeness (QED) is 0.690. The summed E-state index contributed by atoms with van der Waals surface area (Å²) < 4.78 is 0. The van der Waals surface area contributed by atoms with Crippen LogP contribution in [0.15, 0.2) is 48.5 Å². The van der Waals surface area contributed by atoms with Crippen molar-refractivity contribution in [3.05, 3.63) is 74.8 Å². The molecule has 0 saturated carbocycles. The fourth-order valence-corrected chi connectivity index (χ4v) is 3.34. The molecule has 23 heavy (non-hydrogen) atoms. The van der Waals surface area contributed by atoms with E-state index in [4.69, 9.17) is 17.3 Å². The van der Waals surface area contributed by atoms with Crippen LogP contribution in [0.3, 0.4) is 0 Å². The average Bonchev–Trinajstić information content (AvgIpc) is 2.90. The third kappa shape index (κ3) is 3.52. The second-order valence-corrected chi connectivity index (χ2v) is 6.33. The van der Waals surface area contributed by atoms with Gasteiger partial charge in [0.1, 0.15) is 5.02 Å². The first-order valence-corrected chi connectivity index (χ1v) is 7.88. The first-order valence-electron chi connectivity index (χ1n) is 7.50. The van der Waals surface area contributed by atoms with Crippen LogP contribution >= 0.6 is 11.6 Å². The van der Waals surface area contributed by atoms with Gasteiger partial charge < -0.3 is 5.73 Å². The molecule has 2 aromatic carbocycles. The first-order chi connectivity index (χ1) is 11.0. The maximum absolute atomic E-state index is 11.0. The van der Waals surface area contributed by atoms with Crippen LogP contribution in [0.4, 0.5) is 5.69 Å². The van der Waals surface area contributed by atoms with Crippen molar-refractivity contribution in [2.24, 2.45) is 5.73 Å². The summed E-state index contributed by atoms with van der Waals surface area (Å²) in [6.45, 7) is 2.26. The second kappa shape index (κ2) is 6.66. The molecular formula is C17H18ClN3O2. The lowest BCUT2D eigenvalue weighted by Gasteiger charge is -2.16. The van der Waals surface area contributed by atoms with Gasteiger partial charge in [0.25, 0.3) is 5.69 Å². The lowest BCUT2D eigenvalue weighted by atomic mass is 9.95. The van der Waals surface area contributed by atoms with Gasteiger partial charge in [-0.3, -0.25) is 15.0 Å². The van der Waals surface area contributed by atoms with Gasteiger partial charge in [-0.15, -0.1) is 0 Å². The molecule has 0 radical (unpaired) electrons. The molecule has 1 aliphatic rings.